The molecule has 1 aromatic carbocycles. The second kappa shape index (κ2) is 6.29. The van der Waals surface area contributed by atoms with Gasteiger partial charge in [-0.25, -0.2) is 4.79 Å². The summed E-state index contributed by atoms with van der Waals surface area (Å²) < 4.78 is 4.69. The topological polar surface area (TPSA) is 79.3 Å². The Kier molecular flexibility index (Phi) is 4.45. The molecule has 0 amide bonds. The van der Waals surface area contributed by atoms with Crippen molar-refractivity contribution in [2.75, 3.05) is 24.8 Å². The van der Waals surface area contributed by atoms with E-state index in [0.29, 0.717) is 17.1 Å². The maximum Gasteiger partial charge on any atom is 0.350 e. The zero-order chi connectivity index (χ0) is 15.4. The molecule has 0 atom stereocenters. The maximum atomic E-state index is 11.7. The second-order valence-corrected chi connectivity index (χ2v) is 5.47. The first-order chi connectivity index (χ1) is 10.1. The number of hydrogen-bond donors (Lipinski definition) is 1. The summed E-state index contributed by atoms with van der Waals surface area (Å²) in [5.41, 5.74) is 7.49. The minimum Gasteiger partial charge on any atom is -0.465 e. The van der Waals surface area contributed by atoms with Crippen molar-refractivity contribution in [1.29, 1.82) is 5.26 Å². The van der Waals surface area contributed by atoms with Crippen LogP contribution < -0.4 is 10.6 Å². The van der Waals surface area contributed by atoms with Crippen molar-refractivity contribution in [2.24, 2.45) is 0 Å². The zero-order valence-electron chi connectivity index (χ0n) is 11.8. The summed E-state index contributed by atoms with van der Waals surface area (Å²) >= 11 is 1.17. The fourth-order valence-electron chi connectivity index (χ4n) is 1.98. The molecule has 2 rings (SSSR count). The molecule has 0 aliphatic heterocycles. The van der Waals surface area contributed by atoms with E-state index in [2.05, 4.69) is 6.07 Å². The van der Waals surface area contributed by atoms with Gasteiger partial charge in [0, 0.05) is 13.6 Å². The minimum absolute atomic E-state index is 0.185. The highest BCUT2D eigenvalue weighted by atomic mass is 32.1. The van der Waals surface area contributed by atoms with Crippen molar-refractivity contribution in [3.63, 3.8) is 0 Å². The van der Waals surface area contributed by atoms with E-state index in [1.54, 1.807) is 0 Å². The number of carbonyl (C=O) groups excluding carboxylic acids is 1. The van der Waals surface area contributed by atoms with Crippen LogP contribution in [0.1, 0.15) is 20.8 Å². The lowest BCUT2D eigenvalue weighted by molar-refractivity contribution is 0.0607. The van der Waals surface area contributed by atoms with E-state index in [1.807, 2.05) is 42.3 Å². The van der Waals surface area contributed by atoms with Crippen LogP contribution in [-0.4, -0.2) is 20.1 Å². The first-order valence-electron chi connectivity index (χ1n) is 6.24. The number of anilines is 2. The summed E-state index contributed by atoms with van der Waals surface area (Å²) in [6.45, 7) is 0.621. The molecular formula is C15H15N3O2S. The highest BCUT2D eigenvalue weighted by Gasteiger charge is 2.23. The first kappa shape index (κ1) is 14.9. The smallest absolute Gasteiger partial charge is 0.350 e. The third-order valence-corrected chi connectivity index (χ3v) is 4.32. The molecular weight excluding hydrogens is 286 g/mol. The molecule has 0 spiro atoms. The Bertz CT molecular complexity index is 689. The number of thiophene rings is 1. The summed E-state index contributed by atoms with van der Waals surface area (Å²) in [6.07, 6.45) is 0. The van der Waals surface area contributed by atoms with Gasteiger partial charge < -0.3 is 15.4 Å². The Hall–Kier alpha value is -2.52. The minimum atomic E-state index is -0.520. The van der Waals surface area contributed by atoms with Gasteiger partial charge in [-0.1, -0.05) is 30.3 Å². The SMILES string of the molecule is COC(=O)c1sc(N(C)Cc2ccccc2)c(C#N)c1N. The lowest BCUT2D eigenvalue weighted by Gasteiger charge is -2.17. The summed E-state index contributed by atoms with van der Waals surface area (Å²) in [5.74, 6) is -0.520. The second-order valence-electron chi connectivity index (χ2n) is 4.47. The van der Waals surface area contributed by atoms with E-state index in [1.165, 1.54) is 18.4 Å². The van der Waals surface area contributed by atoms with Gasteiger partial charge in [0.1, 0.15) is 21.5 Å². The van der Waals surface area contributed by atoms with Crippen LogP contribution in [0.2, 0.25) is 0 Å². The van der Waals surface area contributed by atoms with E-state index in [9.17, 15) is 10.1 Å². The van der Waals surface area contributed by atoms with E-state index in [0.717, 1.165) is 5.56 Å². The highest BCUT2D eigenvalue weighted by Crippen LogP contribution is 2.38. The van der Waals surface area contributed by atoms with Crippen molar-refractivity contribution in [2.45, 2.75) is 6.54 Å². The molecule has 5 nitrogen and oxygen atoms in total. The molecule has 2 N–H and O–H groups in total. The number of nitriles is 1. The van der Waals surface area contributed by atoms with Gasteiger partial charge in [-0.05, 0) is 5.56 Å². The van der Waals surface area contributed by atoms with Crippen molar-refractivity contribution < 1.29 is 9.53 Å². The average Bonchev–Trinajstić information content (AvgIpc) is 2.84. The Morgan fingerprint density at radius 3 is 2.67 bits per heavy atom. The summed E-state index contributed by atoms with van der Waals surface area (Å²) in [5, 5.41) is 9.95. The van der Waals surface area contributed by atoms with Crippen molar-refractivity contribution >= 4 is 28.0 Å². The van der Waals surface area contributed by atoms with Crippen LogP contribution in [-0.2, 0) is 11.3 Å². The van der Waals surface area contributed by atoms with Gasteiger partial charge in [0.15, 0.2) is 0 Å². The van der Waals surface area contributed by atoms with Gasteiger partial charge in [-0.2, -0.15) is 5.26 Å². The standard InChI is InChI=1S/C15H15N3O2S/c1-18(9-10-6-4-3-5-7-10)14-11(8-16)12(17)13(21-14)15(19)20-2/h3-7H,9,17H2,1-2H3. The summed E-state index contributed by atoms with van der Waals surface area (Å²) in [6, 6.07) is 11.9. The largest absolute Gasteiger partial charge is 0.465 e. The molecule has 1 aromatic heterocycles. The summed E-state index contributed by atoms with van der Waals surface area (Å²) in [7, 11) is 3.15. The third-order valence-electron chi connectivity index (χ3n) is 3.02. The maximum absolute atomic E-state index is 11.7. The lowest BCUT2D eigenvalue weighted by atomic mass is 10.2. The molecule has 0 bridgehead atoms. The van der Waals surface area contributed by atoms with Crippen LogP contribution in [0.4, 0.5) is 10.7 Å². The number of nitrogens with two attached hydrogens (primary N) is 1. The van der Waals surface area contributed by atoms with Gasteiger partial charge in [0.05, 0.1) is 12.8 Å². The molecule has 0 fully saturated rings. The van der Waals surface area contributed by atoms with Crippen LogP contribution in [0, 0.1) is 11.3 Å². The fourth-order valence-corrected chi connectivity index (χ4v) is 3.03. The van der Waals surface area contributed by atoms with Crippen LogP contribution in [0.5, 0.6) is 0 Å². The van der Waals surface area contributed by atoms with Crippen LogP contribution in [0.15, 0.2) is 30.3 Å². The number of hydrogen-bond acceptors (Lipinski definition) is 6. The molecule has 6 heteroatoms. The molecule has 1 heterocycles. The number of ether oxygens (including phenoxy) is 1. The Labute approximate surface area is 127 Å². The number of esters is 1. The van der Waals surface area contributed by atoms with Crippen LogP contribution in [0.25, 0.3) is 0 Å². The zero-order valence-corrected chi connectivity index (χ0v) is 12.6. The van der Waals surface area contributed by atoms with E-state index >= 15 is 0 Å². The number of nitrogens with zero attached hydrogens (tertiary/aromatic N) is 2. The fraction of sp³-hybridized carbons (Fsp3) is 0.200. The molecule has 0 radical (unpaired) electrons. The monoisotopic (exact) mass is 301 g/mol. The number of methoxy groups -OCH3 is 1. The Morgan fingerprint density at radius 2 is 2.10 bits per heavy atom. The third kappa shape index (κ3) is 2.98. The van der Waals surface area contributed by atoms with Crippen LogP contribution >= 0.6 is 11.3 Å². The number of benzene rings is 1. The molecule has 0 aliphatic carbocycles. The van der Waals surface area contributed by atoms with Gasteiger partial charge in [-0.15, -0.1) is 11.3 Å². The highest BCUT2D eigenvalue weighted by molar-refractivity contribution is 7.18. The average molecular weight is 301 g/mol. The Morgan fingerprint density at radius 1 is 1.43 bits per heavy atom. The molecule has 2 aromatic rings. The molecule has 108 valence electrons. The van der Waals surface area contributed by atoms with Gasteiger partial charge in [0.25, 0.3) is 0 Å². The summed E-state index contributed by atoms with van der Waals surface area (Å²) in [4.78, 5) is 13.8. The van der Waals surface area contributed by atoms with E-state index in [-0.39, 0.29) is 10.6 Å². The van der Waals surface area contributed by atoms with Crippen LogP contribution in [0.3, 0.4) is 0 Å². The van der Waals surface area contributed by atoms with Gasteiger partial charge in [0.2, 0.25) is 0 Å². The van der Waals surface area contributed by atoms with Crippen molar-refractivity contribution in [3.05, 3.63) is 46.3 Å². The molecule has 0 saturated carbocycles. The van der Waals surface area contributed by atoms with Crippen molar-refractivity contribution in [1.82, 2.24) is 0 Å². The predicted octanol–water partition coefficient (Wildman–Crippen LogP) is 2.62. The first-order valence-corrected chi connectivity index (χ1v) is 7.05. The van der Waals surface area contributed by atoms with Gasteiger partial charge in [-0.3, -0.25) is 0 Å². The normalized spacial score (nSPS) is 9.95. The number of carbonyl (C=O) groups is 1. The lowest BCUT2D eigenvalue weighted by Crippen LogP contribution is -2.16. The molecule has 0 saturated heterocycles. The quantitative estimate of drug-likeness (QED) is 0.878. The molecule has 0 aliphatic rings. The molecule has 21 heavy (non-hydrogen) atoms. The number of rotatable bonds is 4. The van der Waals surface area contributed by atoms with Crippen molar-refractivity contribution in [3.8, 4) is 6.07 Å². The Balaban J connectivity index is 2.35. The van der Waals surface area contributed by atoms with Gasteiger partial charge >= 0.3 is 5.97 Å². The predicted molar refractivity (Wildman–Crippen MR) is 83.3 cm³/mol. The van der Waals surface area contributed by atoms with E-state index < -0.39 is 5.97 Å². The van der Waals surface area contributed by atoms with E-state index in [4.69, 9.17) is 10.5 Å². The molecule has 0 unspecified atom stereocenters. The number of nitrogen functional groups attached to an aromatic ring is 1.